The van der Waals surface area contributed by atoms with Crippen molar-refractivity contribution in [3.05, 3.63) is 99.0 Å². The van der Waals surface area contributed by atoms with E-state index in [1.54, 1.807) is 17.1 Å². The van der Waals surface area contributed by atoms with Gasteiger partial charge in [0.1, 0.15) is 0 Å². The number of hydrazone groups is 1. The number of benzene rings is 3. The van der Waals surface area contributed by atoms with Crippen molar-refractivity contribution in [3.63, 3.8) is 0 Å². The van der Waals surface area contributed by atoms with Crippen molar-refractivity contribution in [3.8, 4) is 16.9 Å². The maximum absolute atomic E-state index is 6.59. The van der Waals surface area contributed by atoms with Crippen LogP contribution in [0.2, 0.25) is 15.1 Å². The van der Waals surface area contributed by atoms with Gasteiger partial charge in [-0.15, -0.1) is 10.2 Å². The molecule has 1 aliphatic rings. The zero-order valence-corrected chi connectivity index (χ0v) is 21.5. The zero-order chi connectivity index (χ0) is 24.5. The molecule has 0 radical (unpaired) electrons. The van der Waals surface area contributed by atoms with Gasteiger partial charge >= 0.3 is 0 Å². The van der Waals surface area contributed by atoms with Crippen LogP contribution in [0, 0.1) is 6.92 Å². The second kappa shape index (κ2) is 9.94. The topological polar surface area (TPSA) is 42.7 Å². The Morgan fingerprint density at radius 2 is 1.66 bits per heavy atom. The van der Waals surface area contributed by atoms with Crippen molar-refractivity contribution in [1.29, 1.82) is 0 Å². The molecule has 1 aromatic heterocycles. The molecule has 0 bridgehead atoms. The summed E-state index contributed by atoms with van der Waals surface area (Å²) in [6.07, 6.45) is 0.876. The number of anilines is 1. The first-order valence-corrected chi connectivity index (χ1v) is 12.4. The molecule has 178 valence electrons. The standard InChI is InChI=1S/C27H23Cl3N4O/c1-3-22(18-7-5-4-6-8-18)27-32-33(16-35-27)26-17(2)25(19-9-11-20(28)12-10-19)34(31-26)24-14-13-21(29)15-23(24)30/h4-15,22H,3,16H2,1-2H3. The molecule has 0 amide bonds. The van der Waals surface area contributed by atoms with Gasteiger partial charge in [-0.2, -0.15) is 0 Å². The monoisotopic (exact) mass is 524 g/mol. The summed E-state index contributed by atoms with van der Waals surface area (Å²) in [7, 11) is 0. The molecule has 35 heavy (non-hydrogen) atoms. The van der Waals surface area contributed by atoms with Crippen LogP contribution in [0.25, 0.3) is 16.9 Å². The Morgan fingerprint density at radius 3 is 2.34 bits per heavy atom. The fourth-order valence-corrected chi connectivity index (χ4v) is 4.94. The van der Waals surface area contributed by atoms with Gasteiger partial charge in [0, 0.05) is 21.2 Å². The van der Waals surface area contributed by atoms with E-state index in [4.69, 9.17) is 49.7 Å². The van der Waals surface area contributed by atoms with Crippen LogP contribution < -0.4 is 5.01 Å². The van der Waals surface area contributed by atoms with Gasteiger partial charge in [0.2, 0.25) is 5.90 Å². The molecule has 0 saturated carbocycles. The average molecular weight is 526 g/mol. The Hall–Kier alpha value is -2.99. The van der Waals surface area contributed by atoms with Gasteiger partial charge in [0.25, 0.3) is 0 Å². The van der Waals surface area contributed by atoms with Gasteiger partial charge in [0.15, 0.2) is 12.5 Å². The van der Waals surface area contributed by atoms with Crippen LogP contribution >= 0.6 is 34.8 Å². The summed E-state index contributed by atoms with van der Waals surface area (Å²) in [4.78, 5) is 0. The lowest BCUT2D eigenvalue weighted by Crippen LogP contribution is -2.15. The highest BCUT2D eigenvalue weighted by Crippen LogP contribution is 2.37. The SMILES string of the molecule is CCC(C1=NN(c2nn(-c3ccc(Cl)cc3Cl)c(-c3ccc(Cl)cc3)c2C)CO1)c1ccccc1. The number of halogens is 3. The highest BCUT2D eigenvalue weighted by atomic mass is 35.5. The molecule has 0 aliphatic carbocycles. The molecule has 2 heterocycles. The molecule has 0 fully saturated rings. The quantitative estimate of drug-likeness (QED) is 0.255. The van der Waals surface area contributed by atoms with Crippen LogP contribution in [-0.4, -0.2) is 22.4 Å². The molecule has 8 heteroatoms. The summed E-state index contributed by atoms with van der Waals surface area (Å²) in [5.41, 5.74) is 4.68. The number of nitrogens with zero attached hydrogens (tertiary/aromatic N) is 4. The predicted molar refractivity (Wildman–Crippen MR) is 144 cm³/mol. The molecule has 5 nitrogen and oxygen atoms in total. The fourth-order valence-electron chi connectivity index (χ4n) is 4.32. The van der Waals surface area contributed by atoms with E-state index in [-0.39, 0.29) is 12.6 Å². The summed E-state index contributed by atoms with van der Waals surface area (Å²) in [5, 5.41) is 13.3. The van der Waals surface area contributed by atoms with Crippen LogP contribution in [0.3, 0.4) is 0 Å². The Labute approximate surface area is 219 Å². The minimum absolute atomic E-state index is 0.0741. The zero-order valence-electron chi connectivity index (χ0n) is 19.3. The smallest absolute Gasteiger partial charge is 0.216 e. The largest absolute Gasteiger partial charge is 0.456 e. The summed E-state index contributed by atoms with van der Waals surface area (Å²) in [6, 6.07) is 23.3. The fraction of sp³-hybridized carbons (Fsp3) is 0.185. The van der Waals surface area contributed by atoms with Crippen molar-refractivity contribution in [2.24, 2.45) is 5.10 Å². The number of ether oxygens (including phenoxy) is 1. The van der Waals surface area contributed by atoms with Crippen LogP contribution in [-0.2, 0) is 4.74 Å². The molecule has 3 aromatic carbocycles. The van der Waals surface area contributed by atoms with Gasteiger partial charge in [0.05, 0.1) is 22.3 Å². The number of hydrogen-bond donors (Lipinski definition) is 0. The maximum atomic E-state index is 6.59. The normalized spacial score (nSPS) is 14.1. The molecule has 5 rings (SSSR count). The van der Waals surface area contributed by atoms with Crippen molar-refractivity contribution in [1.82, 2.24) is 9.78 Å². The highest BCUT2D eigenvalue weighted by molar-refractivity contribution is 6.35. The summed E-state index contributed by atoms with van der Waals surface area (Å²) in [5.74, 6) is 1.45. The van der Waals surface area contributed by atoms with Gasteiger partial charge in [-0.25, -0.2) is 9.69 Å². The van der Waals surface area contributed by atoms with Gasteiger partial charge in [-0.1, -0.05) is 84.2 Å². The van der Waals surface area contributed by atoms with Crippen molar-refractivity contribution >= 4 is 46.5 Å². The minimum Gasteiger partial charge on any atom is -0.456 e. The van der Waals surface area contributed by atoms with Crippen molar-refractivity contribution in [2.75, 3.05) is 11.7 Å². The van der Waals surface area contributed by atoms with E-state index in [0.717, 1.165) is 28.9 Å². The minimum atomic E-state index is 0.0741. The molecule has 0 saturated heterocycles. The lowest BCUT2D eigenvalue weighted by atomic mass is 9.96. The molecule has 1 aliphatic heterocycles. The van der Waals surface area contributed by atoms with E-state index in [1.165, 1.54) is 5.56 Å². The molecular formula is C27H23Cl3N4O. The Balaban J connectivity index is 1.60. The lowest BCUT2D eigenvalue weighted by Gasteiger charge is -2.13. The number of aromatic nitrogens is 2. The molecule has 0 N–H and O–H groups in total. The van der Waals surface area contributed by atoms with E-state index in [0.29, 0.717) is 26.8 Å². The maximum Gasteiger partial charge on any atom is 0.216 e. The lowest BCUT2D eigenvalue weighted by molar-refractivity contribution is 0.321. The van der Waals surface area contributed by atoms with E-state index in [9.17, 15) is 0 Å². The molecule has 1 atom stereocenters. The second-order valence-corrected chi connectivity index (χ2v) is 9.57. The first-order chi connectivity index (χ1) is 17.0. The highest BCUT2D eigenvalue weighted by Gasteiger charge is 2.29. The van der Waals surface area contributed by atoms with Crippen LogP contribution in [0.5, 0.6) is 0 Å². The third-order valence-electron chi connectivity index (χ3n) is 6.06. The van der Waals surface area contributed by atoms with Crippen molar-refractivity contribution < 1.29 is 4.74 Å². The molecule has 4 aromatic rings. The van der Waals surface area contributed by atoms with Crippen LogP contribution in [0.1, 0.15) is 30.4 Å². The van der Waals surface area contributed by atoms with E-state index in [1.807, 2.05) is 60.1 Å². The molecule has 0 spiro atoms. The van der Waals surface area contributed by atoms with E-state index in [2.05, 4.69) is 19.1 Å². The average Bonchev–Trinajstić information content (AvgIpc) is 3.46. The number of rotatable bonds is 6. The van der Waals surface area contributed by atoms with Crippen LogP contribution in [0.15, 0.2) is 77.9 Å². The summed E-state index contributed by atoms with van der Waals surface area (Å²) >= 11 is 18.9. The summed E-state index contributed by atoms with van der Waals surface area (Å²) in [6.45, 7) is 4.44. The van der Waals surface area contributed by atoms with Gasteiger partial charge in [-0.3, -0.25) is 0 Å². The Bertz CT molecular complexity index is 1380. The van der Waals surface area contributed by atoms with Crippen LogP contribution in [0.4, 0.5) is 5.82 Å². The summed E-state index contributed by atoms with van der Waals surface area (Å²) < 4.78 is 7.89. The Morgan fingerprint density at radius 1 is 0.943 bits per heavy atom. The van der Waals surface area contributed by atoms with E-state index >= 15 is 0 Å². The van der Waals surface area contributed by atoms with E-state index < -0.39 is 0 Å². The van der Waals surface area contributed by atoms with Gasteiger partial charge in [-0.05, 0) is 49.2 Å². The third kappa shape index (κ3) is 4.64. The first-order valence-electron chi connectivity index (χ1n) is 11.3. The third-order valence-corrected chi connectivity index (χ3v) is 6.85. The second-order valence-electron chi connectivity index (χ2n) is 8.29. The van der Waals surface area contributed by atoms with Crippen molar-refractivity contribution in [2.45, 2.75) is 26.2 Å². The number of hydrogen-bond acceptors (Lipinski definition) is 4. The van der Waals surface area contributed by atoms with Gasteiger partial charge < -0.3 is 4.74 Å². The molecular weight excluding hydrogens is 503 g/mol. The Kier molecular flexibility index (Phi) is 6.74. The predicted octanol–water partition coefficient (Wildman–Crippen LogP) is 8.11. The first kappa shape index (κ1) is 23.7. The molecule has 1 unspecified atom stereocenters.